The Hall–Kier alpha value is -3.29. The van der Waals surface area contributed by atoms with Gasteiger partial charge in [0.2, 0.25) is 0 Å². The maximum atomic E-state index is 13.1. The van der Waals surface area contributed by atoms with Gasteiger partial charge in [-0.1, -0.05) is 74.0 Å². The molecule has 2 aromatic carbocycles. The van der Waals surface area contributed by atoms with E-state index < -0.39 is 43.9 Å². The van der Waals surface area contributed by atoms with Crippen LogP contribution in [-0.2, 0) is 41.4 Å². The molecule has 0 aliphatic carbocycles. The van der Waals surface area contributed by atoms with Crippen molar-refractivity contribution in [1.82, 2.24) is 10.2 Å². The molecule has 204 valence electrons. The number of ether oxygens (including phenoxy) is 2. The van der Waals surface area contributed by atoms with E-state index in [0.29, 0.717) is 32.2 Å². The molecule has 0 radical (unpaired) electrons. The Morgan fingerprint density at radius 1 is 1.00 bits per heavy atom. The Balaban J connectivity index is 1.53. The third kappa shape index (κ3) is 8.92. The highest BCUT2D eigenvalue weighted by Gasteiger charge is 2.42. The number of nitrogens with one attached hydrogen (secondary N) is 1. The van der Waals surface area contributed by atoms with Gasteiger partial charge >= 0.3 is 20.1 Å². The average molecular weight is 544 g/mol. The van der Waals surface area contributed by atoms with E-state index in [-0.39, 0.29) is 13.2 Å². The topological polar surface area (TPSA) is 111 Å². The van der Waals surface area contributed by atoms with Crippen molar-refractivity contribution in [3.8, 4) is 0 Å². The van der Waals surface area contributed by atoms with Crippen molar-refractivity contribution in [1.29, 1.82) is 0 Å². The van der Waals surface area contributed by atoms with Crippen molar-refractivity contribution >= 4 is 26.0 Å². The second-order valence-corrected chi connectivity index (χ2v) is 10.6. The first kappa shape index (κ1) is 29.3. The second kappa shape index (κ2) is 15.2. The number of unbranched alkanes of at least 4 members (excludes halogenated alkanes) is 1. The molecule has 0 aromatic heterocycles. The van der Waals surface area contributed by atoms with Crippen molar-refractivity contribution in [2.45, 2.75) is 77.1 Å². The van der Waals surface area contributed by atoms with E-state index >= 15 is 0 Å². The molecule has 0 bridgehead atoms. The number of alkyl carbamates (subject to hydrolysis) is 1. The van der Waals surface area contributed by atoms with Crippen LogP contribution < -0.4 is 5.32 Å². The molecule has 1 heterocycles. The van der Waals surface area contributed by atoms with Crippen LogP contribution in [0.5, 0.6) is 0 Å². The number of benzene rings is 2. The normalized spacial score (nSPS) is 16.8. The second-order valence-electron chi connectivity index (χ2n) is 9.18. The van der Waals surface area contributed by atoms with Gasteiger partial charge in [0.1, 0.15) is 19.3 Å². The van der Waals surface area contributed by atoms with Gasteiger partial charge in [0.05, 0.1) is 0 Å². The molecule has 3 rings (SSSR count). The molecule has 4 atom stereocenters. The standard InChI is InChI=1S/C28H35N2O7P/c1-3-4-17-25(29-28(33)36-20-23-14-9-6-10-15-23)38(34)37-21(2)26(31)30-18-11-16-24(30)27(32)35-19-22-12-7-5-8-13-22/h5-10,12-15,21,24-25H,3-4,11,16-20H2,1-2H3/p+1/t21?,24-,25?/m0/s1. The zero-order valence-corrected chi connectivity index (χ0v) is 22.8. The van der Waals surface area contributed by atoms with Crippen molar-refractivity contribution in [3.05, 3.63) is 71.8 Å². The molecule has 0 spiro atoms. The maximum absolute atomic E-state index is 13.1. The van der Waals surface area contributed by atoms with Gasteiger partial charge in [-0.05, 0) is 41.9 Å². The summed E-state index contributed by atoms with van der Waals surface area (Å²) in [6.45, 7) is 4.08. The van der Waals surface area contributed by atoms with Crippen LogP contribution in [0.2, 0.25) is 0 Å². The van der Waals surface area contributed by atoms with Gasteiger partial charge in [0, 0.05) is 13.0 Å². The summed E-state index contributed by atoms with van der Waals surface area (Å²) in [6, 6.07) is 17.8. The Morgan fingerprint density at radius 2 is 1.61 bits per heavy atom. The van der Waals surface area contributed by atoms with E-state index in [9.17, 15) is 18.9 Å². The molecule has 2 aromatic rings. The number of rotatable bonds is 13. The molecule has 38 heavy (non-hydrogen) atoms. The van der Waals surface area contributed by atoms with Crippen molar-refractivity contribution in [3.63, 3.8) is 0 Å². The number of likely N-dealkylation sites (tertiary alicyclic amines) is 1. The minimum atomic E-state index is -2.43. The monoisotopic (exact) mass is 543 g/mol. The van der Waals surface area contributed by atoms with Gasteiger partial charge in [-0.15, -0.1) is 4.52 Å². The molecule has 1 fully saturated rings. The lowest BCUT2D eigenvalue weighted by atomic mass is 10.2. The van der Waals surface area contributed by atoms with Gasteiger partial charge in [0.15, 0.2) is 6.10 Å². The smallest absolute Gasteiger partial charge is 0.459 e. The van der Waals surface area contributed by atoms with E-state index in [1.165, 1.54) is 11.8 Å². The number of nitrogens with zero attached hydrogens (tertiary/aromatic N) is 1. The number of esters is 1. The number of hydrogen-bond donors (Lipinski definition) is 1. The first-order valence-electron chi connectivity index (χ1n) is 13.0. The van der Waals surface area contributed by atoms with Crippen LogP contribution in [0.4, 0.5) is 4.79 Å². The number of amides is 2. The maximum Gasteiger partial charge on any atom is 0.534 e. The van der Waals surface area contributed by atoms with Crippen LogP contribution in [0.15, 0.2) is 60.7 Å². The Kier molecular flexibility index (Phi) is 11.7. The van der Waals surface area contributed by atoms with Crippen LogP contribution >= 0.6 is 8.03 Å². The Morgan fingerprint density at radius 3 is 2.21 bits per heavy atom. The molecular formula is C28H36N2O7P+. The quantitative estimate of drug-likeness (QED) is 0.269. The summed E-state index contributed by atoms with van der Waals surface area (Å²) in [5.41, 5.74) is 1.69. The zero-order chi connectivity index (χ0) is 27.3. The summed E-state index contributed by atoms with van der Waals surface area (Å²) in [7, 11) is -2.43. The fourth-order valence-corrected chi connectivity index (χ4v) is 5.29. The molecule has 1 saturated heterocycles. The van der Waals surface area contributed by atoms with E-state index in [1.807, 2.05) is 67.6 Å². The van der Waals surface area contributed by atoms with Gasteiger partial charge < -0.3 is 14.4 Å². The van der Waals surface area contributed by atoms with E-state index in [0.717, 1.165) is 17.5 Å². The molecule has 2 amide bonds. The molecule has 1 N–H and O–H groups in total. The summed E-state index contributed by atoms with van der Waals surface area (Å²) in [5.74, 6) is -1.72. The van der Waals surface area contributed by atoms with E-state index in [2.05, 4.69) is 5.32 Å². The number of carbonyl (C=O) groups is 3. The highest BCUT2D eigenvalue weighted by molar-refractivity contribution is 7.40. The fourth-order valence-electron chi connectivity index (χ4n) is 4.14. The largest absolute Gasteiger partial charge is 0.534 e. The third-order valence-corrected chi connectivity index (χ3v) is 7.64. The summed E-state index contributed by atoms with van der Waals surface area (Å²) in [5, 5.41) is 2.63. The SMILES string of the molecule is CCCCC(NC(=O)OCc1ccccc1)[P+](=O)OC(C)C(=O)N1CCC[C@H]1C(=O)OCc1ccccc1. The highest BCUT2D eigenvalue weighted by Crippen LogP contribution is 2.34. The molecule has 9 nitrogen and oxygen atoms in total. The first-order valence-corrected chi connectivity index (χ1v) is 14.2. The van der Waals surface area contributed by atoms with Gasteiger partial charge in [-0.25, -0.2) is 9.59 Å². The predicted octanol–water partition coefficient (Wildman–Crippen LogP) is 5.31. The average Bonchev–Trinajstić information content (AvgIpc) is 3.43. The summed E-state index contributed by atoms with van der Waals surface area (Å²) >= 11 is 0. The summed E-state index contributed by atoms with van der Waals surface area (Å²) in [4.78, 5) is 39.7. The highest BCUT2D eigenvalue weighted by atomic mass is 31.1. The van der Waals surface area contributed by atoms with Crippen LogP contribution in [0.3, 0.4) is 0 Å². The van der Waals surface area contributed by atoms with Crippen molar-refractivity contribution in [2.24, 2.45) is 0 Å². The third-order valence-electron chi connectivity index (χ3n) is 6.22. The lowest BCUT2D eigenvalue weighted by Crippen LogP contribution is -2.45. The number of carbonyl (C=O) groups excluding carboxylic acids is 3. The van der Waals surface area contributed by atoms with Crippen molar-refractivity contribution in [2.75, 3.05) is 6.54 Å². The molecule has 10 heteroatoms. The molecule has 1 aliphatic heterocycles. The summed E-state index contributed by atoms with van der Waals surface area (Å²) in [6.07, 6.45) is 1.32. The molecule has 3 unspecified atom stereocenters. The van der Waals surface area contributed by atoms with Crippen LogP contribution in [-0.4, -0.2) is 47.3 Å². The summed E-state index contributed by atoms with van der Waals surface area (Å²) < 4.78 is 29.4. The Labute approximate surface area is 224 Å². The number of hydrogen-bond acceptors (Lipinski definition) is 7. The van der Waals surface area contributed by atoms with Crippen LogP contribution in [0.1, 0.15) is 57.1 Å². The lowest BCUT2D eigenvalue weighted by Gasteiger charge is -2.24. The lowest BCUT2D eigenvalue weighted by molar-refractivity contribution is -0.156. The molecular weight excluding hydrogens is 507 g/mol. The minimum absolute atomic E-state index is 0.0798. The van der Waals surface area contributed by atoms with E-state index in [4.69, 9.17) is 14.0 Å². The van der Waals surface area contributed by atoms with Gasteiger partial charge in [-0.3, -0.25) is 10.1 Å². The first-order chi connectivity index (χ1) is 18.4. The Bertz CT molecular complexity index is 1070. The molecule has 1 aliphatic rings. The minimum Gasteiger partial charge on any atom is -0.459 e. The zero-order valence-electron chi connectivity index (χ0n) is 21.9. The van der Waals surface area contributed by atoms with E-state index in [1.54, 1.807) is 0 Å². The van der Waals surface area contributed by atoms with Crippen molar-refractivity contribution < 1.29 is 32.9 Å². The van der Waals surface area contributed by atoms with Gasteiger partial charge in [0.25, 0.3) is 11.7 Å². The predicted molar refractivity (Wildman–Crippen MR) is 142 cm³/mol. The molecule has 0 saturated carbocycles. The fraction of sp³-hybridized carbons (Fsp3) is 0.464. The van der Waals surface area contributed by atoms with Crippen LogP contribution in [0, 0.1) is 0 Å². The van der Waals surface area contributed by atoms with Crippen LogP contribution in [0.25, 0.3) is 0 Å². The van der Waals surface area contributed by atoms with Gasteiger partial charge in [-0.2, -0.15) is 0 Å².